The van der Waals surface area contributed by atoms with E-state index >= 15 is 0 Å². The molecule has 1 aromatic rings. The number of benzene rings is 1. The number of hydrogen-bond acceptors (Lipinski definition) is 1. The molecule has 4 heteroatoms. The summed E-state index contributed by atoms with van der Waals surface area (Å²) in [6.07, 6.45) is 7.09. The first kappa shape index (κ1) is 15.3. The van der Waals surface area contributed by atoms with E-state index < -0.39 is 17.2 Å². The molecule has 0 aromatic heterocycles. The van der Waals surface area contributed by atoms with Crippen molar-refractivity contribution in [3.05, 3.63) is 34.6 Å². The van der Waals surface area contributed by atoms with Crippen LogP contribution in [0.15, 0.2) is 18.2 Å². The highest BCUT2D eigenvalue weighted by atomic mass is 35.5. The molecule has 2 nitrogen and oxygen atoms in total. The lowest BCUT2D eigenvalue weighted by molar-refractivity contribution is -0.150. The van der Waals surface area contributed by atoms with Crippen molar-refractivity contribution in [1.29, 1.82) is 0 Å². The molecule has 0 bridgehead atoms. The van der Waals surface area contributed by atoms with Crippen LogP contribution in [-0.2, 0) is 11.2 Å². The maximum Gasteiger partial charge on any atom is 0.309 e. The first-order valence-corrected chi connectivity index (χ1v) is 7.59. The van der Waals surface area contributed by atoms with Gasteiger partial charge in [0, 0.05) is 0 Å². The molecule has 1 aliphatic rings. The van der Waals surface area contributed by atoms with Crippen molar-refractivity contribution in [3.8, 4) is 0 Å². The molecule has 0 radical (unpaired) electrons. The second-order valence-corrected chi connectivity index (χ2v) is 6.19. The minimum Gasteiger partial charge on any atom is -0.481 e. The number of hydrogen-bond donors (Lipinski definition) is 1. The Hall–Kier alpha value is -1.09. The van der Waals surface area contributed by atoms with Crippen molar-refractivity contribution >= 4 is 17.6 Å². The van der Waals surface area contributed by atoms with E-state index in [0.717, 1.165) is 31.2 Å². The normalized spacial score (nSPS) is 19.1. The van der Waals surface area contributed by atoms with Gasteiger partial charge in [0.2, 0.25) is 0 Å². The molecular weight excluding hydrogens is 279 g/mol. The van der Waals surface area contributed by atoms with Crippen LogP contribution in [0.1, 0.15) is 50.5 Å². The Morgan fingerprint density at radius 1 is 1.20 bits per heavy atom. The summed E-state index contributed by atoms with van der Waals surface area (Å²) in [4.78, 5) is 11.8. The van der Waals surface area contributed by atoms with Crippen molar-refractivity contribution in [2.45, 2.75) is 51.4 Å². The Kier molecular flexibility index (Phi) is 5.03. The zero-order chi connectivity index (χ0) is 14.6. The van der Waals surface area contributed by atoms with Crippen molar-refractivity contribution in [2.75, 3.05) is 0 Å². The van der Waals surface area contributed by atoms with E-state index in [-0.39, 0.29) is 5.02 Å². The van der Waals surface area contributed by atoms with Crippen molar-refractivity contribution in [2.24, 2.45) is 5.41 Å². The van der Waals surface area contributed by atoms with Gasteiger partial charge in [-0.2, -0.15) is 0 Å². The van der Waals surface area contributed by atoms with E-state index in [1.54, 1.807) is 12.1 Å². The second-order valence-electron chi connectivity index (χ2n) is 5.78. The predicted molar refractivity (Wildman–Crippen MR) is 77.5 cm³/mol. The van der Waals surface area contributed by atoms with Gasteiger partial charge < -0.3 is 5.11 Å². The first-order valence-electron chi connectivity index (χ1n) is 7.21. The molecule has 0 saturated heterocycles. The average Bonchev–Trinajstić information content (AvgIpc) is 2.37. The van der Waals surface area contributed by atoms with Crippen LogP contribution in [0.4, 0.5) is 4.39 Å². The number of aliphatic carboxylic acids is 1. The Balaban J connectivity index is 2.22. The zero-order valence-corrected chi connectivity index (χ0v) is 12.3. The third-order valence-corrected chi connectivity index (χ3v) is 4.58. The highest BCUT2D eigenvalue weighted by Crippen LogP contribution is 2.38. The van der Waals surface area contributed by atoms with E-state index in [1.165, 1.54) is 12.5 Å². The smallest absolute Gasteiger partial charge is 0.309 e. The maximum atomic E-state index is 13.2. The minimum absolute atomic E-state index is 0.0638. The van der Waals surface area contributed by atoms with Crippen molar-refractivity contribution < 1.29 is 14.3 Å². The summed E-state index contributed by atoms with van der Waals surface area (Å²) in [6.45, 7) is 0. The topological polar surface area (TPSA) is 37.3 Å². The maximum absolute atomic E-state index is 13.2. The lowest BCUT2D eigenvalue weighted by atomic mass is 9.72. The minimum atomic E-state index is -0.736. The molecule has 0 unspecified atom stereocenters. The molecule has 20 heavy (non-hydrogen) atoms. The van der Waals surface area contributed by atoms with Gasteiger partial charge in [0.15, 0.2) is 0 Å². The summed E-state index contributed by atoms with van der Waals surface area (Å²) >= 11 is 5.79. The standard InChI is InChI=1S/C16H20ClFO2/c17-13-10-12(6-7-14(13)18)11-16(15(19)20)8-4-2-1-3-5-9-16/h6-7,10H,1-5,8-9,11H2,(H,19,20). The molecule has 1 fully saturated rings. The Morgan fingerprint density at radius 3 is 2.35 bits per heavy atom. The Morgan fingerprint density at radius 2 is 1.80 bits per heavy atom. The van der Waals surface area contributed by atoms with Crippen LogP contribution in [0.25, 0.3) is 0 Å². The van der Waals surface area contributed by atoms with Crippen LogP contribution >= 0.6 is 11.6 Å². The number of carbonyl (C=O) groups is 1. The van der Waals surface area contributed by atoms with Crippen LogP contribution in [-0.4, -0.2) is 11.1 Å². The highest BCUT2D eigenvalue weighted by molar-refractivity contribution is 6.30. The SMILES string of the molecule is O=C(O)C1(Cc2ccc(F)c(Cl)c2)CCCCCCC1. The molecule has 1 aliphatic carbocycles. The van der Waals surface area contributed by atoms with E-state index in [4.69, 9.17) is 11.6 Å². The Labute approximate surface area is 123 Å². The molecule has 0 amide bonds. The molecule has 2 rings (SSSR count). The summed E-state index contributed by atoms with van der Waals surface area (Å²) in [5.74, 6) is -1.20. The number of rotatable bonds is 3. The molecule has 0 atom stereocenters. The molecule has 1 aromatic carbocycles. The van der Waals surface area contributed by atoms with Crippen LogP contribution in [0.2, 0.25) is 5.02 Å². The van der Waals surface area contributed by atoms with Crippen molar-refractivity contribution in [3.63, 3.8) is 0 Å². The average molecular weight is 299 g/mol. The van der Waals surface area contributed by atoms with Gasteiger partial charge in [-0.25, -0.2) is 4.39 Å². The molecule has 1 N–H and O–H groups in total. The number of carboxylic acids is 1. The molecule has 110 valence electrons. The molecular formula is C16H20ClFO2. The van der Waals surface area contributed by atoms with Gasteiger partial charge in [-0.1, -0.05) is 49.8 Å². The van der Waals surface area contributed by atoms with E-state index in [0.29, 0.717) is 19.3 Å². The van der Waals surface area contributed by atoms with Crippen LogP contribution in [0, 0.1) is 11.2 Å². The second kappa shape index (κ2) is 6.57. The van der Waals surface area contributed by atoms with Gasteiger partial charge in [0.25, 0.3) is 0 Å². The van der Waals surface area contributed by atoms with Crippen LogP contribution in [0.3, 0.4) is 0 Å². The van der Waals surface area contributed by atoms with Gasteiger partial charge >= 0.3 is 5.97 Å². The molecule has 0 heterocycles. The third kappa shape index (κ3) is 3.51. The quantitative estimate of drug-likeness (QED) is 0.867. The van der Waals surface area contributed by atoms with Crippen LogP contribution in [0.5, 0.6) is 0 Å². The predicted octanol–water partition coefficient (Wildman–Crippen LogP) is 4.84. The summed E-state index contributed by atoms with van der Waals surface area (Å²) in [6, 6.07) is 4.52. The van der Waals surface area contributed by atoms with Gasteiger partial charge in [-0.3, -0.25) is 4.79 Å². The highest BCUT2D eigenvalue weighted by Gasteiger charge is 2.38. The van der Waals surface area contributed by atoms with E-state index in [9.17, 15) is 14.3 Å². The molecule has 0 spiro atoms. The van der Waals surface area contributed by atoms with Crippen molar-refractivity contribution in [1.82, 2.24) is 0 Å². The summed E-state index contributed by atoms with van der Waals surface area (Å²) in [5.41, 5.74) is 0.0843. The van der Waals surface area contributed by atoms with Crippen LogP contribution < -0.4 is 0 Å². The molecule has 1 saturated carbocycles. The summed E-state index contributed by atoms with van der Waals surface area (Å²) < 4.78 is 13.2. The molecule has 0 aliphatic heterocycles. The lowest BCUT2D eigenvalue weighted by Crippen LogP contribution is -2.34. The van der Waals surface area contributed by atoms with Gasteiger partial charge in [0.1, 0.15) is 5.82 Å². The van der Waals surface area contributed by atoms with E-state index in [2.05, 4.69) is 0 Å². The van der Waals surface area contributed by atoms with E-state index in [1.807, 2.05) is 0 Å². The van der Waals surface area contributed by atoms with Gasteiger partial charge in [-0.05, 0) is 37.0 Å². The number of carboxylic acid groups (broad SMARTS) is 1. The van der Waals surface area contributed by atoms with Gasteiger partial charge in [0.05, 0.1) is 10.4 Å². The Bertz CT molecular complexity index is 479. The fourth-order valence-corrected chi connectivity index (χ4v) is 3.29. The summed E-state index contributed by atoms with van der Waals surface area (Å²) in [5, 5.41) is 9.75. The largest absolute Gasteiger partial charge is 0.481 e. The third-order valence-electron chi connectivity index (χ3n) is 4.29. The fraction of sp³-hybridized carbons (Fsp3) is 0.562. The number of halogens is 2. The fourth-order valence-electron chi connectivity index (χ4n) is 3.09. The summed E-state index contributed by atoms with van der Waals surface area (Å²) in [7, 11) is 0. The lowest BCUT2D eigenvalue weighted by Gasteiger charge is -2.31. The zero-order valence-electron chi connectivity index (χ0n) is 11.5. The first-order chi connectivity index (χ1) is 9.53. The van der Waals surface area contributed by atoms with Gasteiger partial charge in [-0.15, -0.1) is 0 Å². The monoisotopic (exact) mass is 298 g/mol.